The molecule has 1 aromatic heterocycles. The maximum absolute atomic E-state index is 13.9. The topological polar surface area (TPSA) is 50.5 Å². The Morgan fingerprint density at radius 3 is 2.67 bits per heavy atom. The Morgan fingerprint density at radius 2 is 1.97 bits per heavy atom. The molecule has 1 saturated carbocycles. The van der Waals surface area contributed by atoms with Crippen molar-refractivity contribution in [3.05, 3.63) is 71.7 Å². The van der Waals surface area contributed by atoms with Gasteiger partial charge in [-0.1, -0.05) is 44.0 Å². The first-order chi connectivity index (χ1) is 16.0. The molecule has 0 amide bonds. The van der Waals surface area contributed by atoms with Crippen molar-refractivity contribution in [1.82, 2.24) is 14.7 Å². The third-order valence-corrected chi connectivity index (χ3v) is 6.10. The van der Waals surface area contributed by atoms with Crippen LogP contribution in [0.1, 0.15) is 50.3 Å². The number of aliphatic hydroxyl groups is 1. The van der Waals surface area contributed by atoms with Gasteiger partial charge in [-0.25, -0.2) is 9.07 Å². The molecular formula is C27H34FN3O2. The highest BCUT2D eigenvalue weighted by Crippen LogP contribution is 2.34. The Morgan fingerprint density at radius 1 is 1.18 bits per heavy atom. The van der Waals surface area contributed by atoms with E-state index in [1.165, 1.54) is 25.0 Å². The normalized spacial score (nSPS) is 14.6. The predicted molar refractivity (Wildman–Crippen MR) is 128 cm³/mol. The largest absolute Gasteiger partial charge is 0.438 e. The van der Waals surface area contributed by atoms with Crippen LogP contribution in [0, 0.1) is 18.7 Å². The molecule has 33 heavy (non-hydrogen) atoms. The standard InChI is InChI=1S/C27H34FN3O2/c1-3-4-12-24(32)18-30(17-21-14-15-21)19-26-20(2)29-31(23-10-6-5-7-11-23)27(26)33-25-13-8-9-22(28)16-25/h5-11,13,16,21,24,32H,3-4,12,14-15,17-19H2,1-2H3/t24-/m0/s1. The Balaban J connectivity index is 1.65. The second-order valence-corrected chi connectivity index (χ2v) is 9.11. The predicted octanol–water partition coefficient (Wildman–Crippen LogP) is 5.88. The van der Waals surface area contributed by atoms with E-state index >= 15 is 0 Å². The van der Waals surface area contributed by atoms with Crippen molar-refractivity contribution in [3.8, 4) is 17.3 Å². The van der Waals surface area contributed by atoms with Crippen LogP contribution in [0.5, 0.6) is 11.6 Å². The molecule has 1 aliphatic carbocycles. The molecule has 0 aliphatic heterocycles. The number of hydrogen-bond acceptors (Lipinski definition) is 4. The van der Waals surface area contributed by atoms with Crippen LogP contribution in [-0.4, -0.2) is 39.0 Å². The molecule has 1 fully saturated rings. The number of rotatable bonds is 12. The van der Waals surface area contributed by atoms with Crippen molar-refractivity contribution in [3.63, 3.8) is 0 Å². The van der Waals surface area contributed by atoms with E-state index < -0.39 is 0 Å². The maximum Gasteiger partial charge on any atom is 0.227 e. The average Bonchev–Trinajstić information content (AvgIpc) is 3.57. The van der Waals surface area contributed by atoms with Gasteiger partial charge in [0.25, 0.3) is 0 Å². The van der Waals surface area contributed by atoms with E-state index in [0.717, 1.165) is 42.8 Å². The molecule has 2 aromatic carbocycles. The van der Waals surface area contributed by atoms with Gasteiger partial charge in [0.1, 0.15) is 11.6 Å². The minimum atomic E-state index is -0.347. The molecule has 3 aromatic rings. The van der Waals surface area contributed by atoms with Gasteiger partial charge >= 0.3 is 0 Å². The number of aromatic nitrogens is 2. The fraction of sp³-hybridized carbons (Fsp3) is 0.444. The van der Waals surface area contributed by atoms with E-state index in [4.69, 9.17) is 9.84 Å². The molecule has 0 radical (unpaired) electrons. The molecule has 4 rings (SSSR count). The average molecular weight is 452 g/mol. The molecule has 1 atom stereocenters. The number of aryl methyl sites for hydroxylation is 1. The van der Waals surface area contributed by atoms with E-state index in [-0.39, 0.29) is 11.9 Å². The first-order valence-corrected chi connectivity index (χ1v) is 12.0. The summed E-state index contributed by atoms with van der Waals surface area (Å²) < 4.78 is 21.9. The van der Waals surface area contributed by atoms with E-state index in [2.05, 4.69) is 11.8 Å². The molecule has 1 N–H and O–H groups in total. The summed E-state index contributed by atoms with van der Waals surface area (Å²) in [5.41, 5.74) is 2.72. The second kappa shape index (κ2) is 10.9. The first kappa shape index (κ1) is 23.5. The quantitative estimate of drug-likeness (QED) is 0.374. The van der Waals surface area contributed by atoms with E-state index in [9.17, 15) is 9.50 Å². The van der Waals surface area contributed by atoms with Gasteiger partial charge in [-0.05, 0) is 56.4 Å². The van der Waals surface area contributed by atoms with Crippen molar-refractivity contribution in [2.45, 2.75) is 58.6 Å². The molecule has 0 spiro atoms. The van der Waals surface area contributed by atoms with Crippen LogP contribution in [0.15, 0.2) is 54.6 Å². The van der Waals surface area contributed by atoms with Gasteiger partial charge in [-0.15, -0.1) is 0 Å². The van der Waals surface area contributed by atoms with Crippen molar-refractivity contribution in [2.24, 2.45) is 5.92 Å². The number of halogens is 1. The number of aliphatic hydroxyl groups excluding tert-OH is 1. The molecule has 6 heteroatoms. The summed E-state index contributed by atoms with van der Waals surface area (Å²) in [7, 11) is 0. The van der Waals surface area contributed by atoms with Crippen LogP contribution >= 0.6 is 0 Å². The summed E-state index contributed by atoms with van der Waals surface area (Å²) in [6, 6.07) is 16.0. The van der Waals surface area contributed by atoms with Crippen LogP contribution in [-0.2, 0) is 6.54 Å². The SMILES string of the molecule is CCCC[C@H](O)CN(Cc1c(C)nn(-c2ccccc2)c1Oc1cccc(F)c1)CC1CC1. The molecule has 5 nitrogen and oxygen atoms in total. The number of unbranched alkanes of at least 4 members (excludes halogenated alkanes) is 1. The van der Waals surface area contributed by atoms with Gasteiger partial charge in [0.2, 0.25) is 5.88 Å². The monoisotopic (exact) mass is 451 g/mol. The molecular weight excluding hydrogens is 417 g/mol. The lowest BCUT2D eigenvalue weighted by Gasteiger charge is -2.25. The fourth-order valence-electron chi connectivity index (χ4n) is 4.13. The van der Waals surface area contributed by atoms with Gasteiger partial charge in [-0.3, -0.25) is 4.90 Å². The van der Waals surface area contributed by atoms with Gasteiger partial charge in [0, 0.05) is 25.7 Å². The highest BCUT2D eigenvalue weighted by molar-refractivity contribution is 5.43. The van der Waals surface area contributed by atoms with E-state index in [0.29, 0.717) is 30.6 Å². The highest BCUT2D eigenvalue weighted by atomic mass is 19.1. The zero-order valence-electron chi connectivity index (χ0n) is 19.6. The lowest BCUT2D eigenvalue weighted by molar-refractivity contribution is 0.0965. The Kier molecular flexibility index (Phi) is 7.78. The lowest BCUT2D eigenvalue weighted by Crippen LogP contribution is -2.34. The summed E-state index contributed by atoms with van der Waals surface area (Å²) in [6.45, 7) is 6.34. The van der Waals surface area contributed by atoms with Crippen LogP contribution in [0.2, 0.25) is 0 Å². The highest BCUT2D eigenvalue weighted by Gasteiger charge is 2.28. The summed E-state index contributed by atoms with van der Waals surface area (Å²) in [5.74, 6) is 1.38. The van der Waals surface area contributed by atoms with Crippen molar-refractivity contribution >= 4 is 0 Å². The number of benzene rings is 2. The number of nitrogens with zero attached hydrogens (tertiary/aromatic N) is 3. The molecule has 0 unspecified atom stereocenters. The summed E-state index contributed by atoms with van der Waals surface area (Å²) in [4.78, 5) is 2.33. The van der Waals surface area contributed by atoms with Crippen molar-refractivity contribution in [1.29, 1.82) is 0 Å². The van der Waals surface area contributed by atoms with Gasteiger partial charge in [0.15, 0.2) is 0 Å². The van der Waals surface area contributed by atoms with Gasteiger partial charge in [0.05, 0.1) is 23.0 Å². The second-order valence-electron chi connectivity index (χ2n) is 9.11. The molecule has 0 bridgehead atoms. The number of para-hydroxylation sites is 1. The maximum atomic E-state index is 13.9. The smallest absolute Gasteiger partial charge is 0.227 e. The van der Waals surface area contributed by atoms with Crippen LogP contribution in [0.4, 0.5) is 4.39 Å². The molecule has 1 heterocycles. The van der Waals surface area contributed by atoms with Crippen LogP contribution < -0.4 is 4.74 Å². The van der Waals surface area contributed by atoms with Gasteiger partial charge < -0.3 is 9.84 Å². The third kappa shape index (κ3) is 6.42. The van der Waals surface area contributed by atoms with Crippen molar-refractivity contribution < 1.29 is 14.2 Å². The fourth-order valence-corrected chi connectivity index (χ4v) is 4.13. The Labute approximate surface area is 195 Å². The molecule has 1 aliphatic rings. The summed E-state index contributed by atoms with van der Waals surface area (Å²) in [5, 5.41) is 15.4. The third-order valence-electron chi connectivity index (χ3n) is 6.10. The number of hydrogen-bond donors (Lipinski definition) is 1. The van der Waals surface area contributed by atoms with Crippen LogP contribution in [0.25, 0.3) is 5.69 Å². The minimum absolute atomic E-state index is 0.342. The lowest BCUT2D eigenvalue weighted by atomic mass is 10.1. The summed E-state index contributed by atoms with van der Waals surface area (Å²) >= 11 is 0. The molecule has 0 saturated heterocycles. The first-order valence-electron chi connectivity index (χ1n) is 12.0. The zero-order valence-corrected chi connectivity index (χ0v) is 19.6. The summed E-state index contributed by atoms with van der Waals surface area (Å²) in [6.07, 6.45) is 5.06. The Bertz CT molecular complexity index is 1030. The van der Waals surface area contributed by atoms with E-state index in [1.54, 1.807) is 16.8 Å². The molecule has 176 valence electrons. The van der Waals surface area contributed by atoms with E-state index in [1.807, 2.05) is 37.3 Å². The Hall–Kier alpha value is -2.70. The van der Waals surface area contributed by atoms with Crippen LogP contribution in [0.3, 0.4) is 0 Å². The zero-order chi connectivity index (χ0) is 23.2. The van der Waals surface area contributed by atoms with Crippen molar-refractivity contribution in [2.75, 3.05) is 13.1 Å². The number of ether oxygens (including phenoxy) is 1. The van der Waals surface area contributed by atoms with Gasteiger partial charge in [-0.2, -0.15) is 5.10 Å². The minimum Gasteiger partial charge on any atom is -0.438 e.